The van der Waals surface area contributed by atoms with Gasteiger partial charge in [-0.1, -0.05) is 29.3 Å². The third kappa shape index (κ3) is 5.82. The number of anilines is 2. The molecule has 33 heavy (non-hydrogen) atoms. The predicted molar refractivity (Wildman–Crippen MR) is 130 cm³/mol. The molecule has 1 aliphatic rings. The van der Waals surface area contributed by atoms with Crippen LogP contribution < -0.4 is 5.32 Å². The molecule has 1 fully saturated rings. The molecule has 0 bridgehead atoms. The number of halogens is 1. The number of esters is 1. The molecule has 1 saturated heterocycles. The van der Waals surface area contributed by atoms with E-state index in [1.165, 1.54) is 27.7 Å². The van der Waals surface area contributed by atoms with E-state index in [1.54, 1.807) is 13.0 Å². The minimum absolute atomic E-state index is 0.0213. The van der Waals surface area contributed by atoms with E-state index in [-0.39, 0.29) is 24.2 Å². The normalized spacial score (nSPS) is 17.5. The van der Waals surface area contributed by atoms with Crippen LogP contribution in [-0.2, 0) is 26.0 Å². The second-order valence-electron chi connectivity index (χ2n) is 7.87. The van der Waals surface area contributed by atoms with Crippen molar-refractivity contribution >= 4 is 55.6 Å². The first-order valence-electron chi connectivity index (χ1n) is 10.3. The van der Waals surface area contributed by atoms with E-state index in [0.717, 1.165) is 5.69 Å². The number of hydrogen-bond donors (Lipinski definition) is 1. The molecule has 0 saturated carbocycles. The van der Waals surface area contributed by atoms with Crippen molar-refractivity contribution in [3.63, 3.8) is 0 Å². The van der Waals surface area contributed by atoms with Crippen molar-refractivity contribution in [1.82, 2.24) is 14.8 Å². The van der Waals surface area contributed by atoms with E-state index >= 15 is 0 Å². The van der Waals surface area contributed by atoms with E-state index < -0.39 is 15.8 Å². The van der Waals surface area contributed by atoms with Crippen molar-refractivity contribution in [1.29, 1.82) is 0 Å². The van der Waals surface area contributed by atoms with Crippen molar-refractivity contribution in [3.05, 3.63) is 63.4 Å². The van der Waals surface area contributed by atoms with Gasteiger partial charge in [0.25, 0.3) is 0 Å². The van der Waals surface area contributed by atoms with Crippen molar-refractivity contribution in [2.75, 3.05) is 16.8 Å². The van der Waals surface area contributed by atoms with Gasteiger partial charge in [0.2, 0.25) is 0 Å². The van der Waals surface area contributed by atoms with Gasteiger partial charge in [-0.2, -0.15) is 5.10 Å². The molecule has 1 N–H and O–H groups in total. The highest BCUT2D eigenvalue weighted by Gasteiger charge is 2.31. The van der Waals surface area contributed by atoms with Crippen molar-refractivity contribution in [2.24, 2.45) is 0 Å². The fourth-order valence-corrected chi connectivity index (χ4v) is 6.25. The van der Waals surface area contributed by atoms with E-state index in [0.29, 0.717) is 33.7 Å². The highest BCUT2D eigenvalue weighted by atomic mass is 35.5. The minimum Gasteiger partial charge on any atom is -0.456 e. The number of aryl methyl sites for hydroxylation is 2. The number of benzene rings is 1. The summed E-state index contributed by atoms with van der Waals surface area (Å²) in [4.78, 5) is 16.6. The lowest BCUT2D eigenvalue weighted by atomic mass is 10.2. The largest absolute Gasteiger partial charge is 0.456 e. The van der Waals surface area contributed by atoms with Crippen molar-refractivity contribution in [3.8, 4) is 0 Å². The zero-order valence-corrected chi connectivity index (χ0v) is 20.5. The molecule has 3 aromatic rings. The number of nitrogens with zero attached hydrogens (tertiary/aromatic N) is 3. The highest BCUT2D eigenvalue weighted by Crippen LogP contribution is 2.30. The molecule has 0 aliphatic carbocycles. The summed E-state index contributed by atoms with van der Waals surface area (Å²) in [5, 5.41) is 10.4. The Morgan fingerprint density at radius 2 is 2.09 bits per heavy atom. The predicted octanol–water partition coefficient (Wildman–Crippen LogP) is 4.47. The third-order valence-electron chi connectivity index (χ3n) is 5.23. The van der Waals surface area contributed by atoms with Crippen LogP contribution in [0.25, 0.3) is 6.08 Å². The fraction of sp³-hybridized carbons (Fsp3) is 0.318. The molecule has 4 rings (SSSR count). The Bertz CT molecular complexity index is 1300. The zero-order chi connectivity index (χ0) is 23.6. The Hall–Kier alpha value is -2.69. The standard InChI is InChI=1S/C22H23ClN4O4S2/c1-14-3-5-16(6-4-14)24-22-25-17(12-32-22)11-31-20(28)8-7-19-15(2)26-27(21(19)23)18-9-10-33(29,30)13-18/h3-8,12,18H,9-11,13H2,1-2H3,(H,24,25)/b8-7+/t18-/m1/s1. The number of carbonyl (C=O) groups excluding carboxylic acids is 1. The van der Waals surface area contributed by atoms with Gasteiger partial charge in [-0.15, -0.1) is 11.3 Å². The lowest BCUT2D eigenvalue weighted by Crippen LogP contribution is -2.12. The SMILES string of the molecule is Cc1ccc(Nc2nc(COC(=O)/C=C/c3c(C)nn([C@@H]4CCS(=O)(=O)C4)c3Cl)cs2)cc1. The maximum Gasteiger partial charge on any atom is 0.331 e. The van der Waals surface area contributed by atoms with E-state index in [1.807, 2.05) is 36.6 Å². The first kappa shape index (κ1) is 23.5. The van der Waals surface area contributed by atoms with Gasteiger partial charge >= 0.3 is 5.97 Å². The molecule has 0 radical (unpaired) electrons. The first-order chi connectivity index (χ1) is 15.7. The summed E-state index contributed by atoms with van der Waals surface area (Å²) in [5.41, 5.74) is 3.93. The van der Waals surface area contributed by atoms with Gasteiger partial charge < -0.3 is 10.1 Å². The number of nitrogens with one attached hydrogen (secondary N) is 1. The summed E-state index contributed by atoms with van der Waals surface area (Å²) in [7, 11) is -3.06. The summed E-state index contributed by atoms with van der Waals surface area (Å²) >= 11 is 7.85. The summed E-state index contributed by atoms with van der Waals surface area (Å²) in [6.45, 7) is 3.83. The van der Waals surface area contributed by atoms with Gasteiger partial charge in [0.05, 0.1) is 28.9 Å². The second-order valence-corrected chi connectivity index (χ2v) is 11.3. The molecule has 1 aliphatic heterocycles. The van der Waals surface area contributed by atoms with Crippen LogP contribution in [0.15, 0.2) is 35.7 Å². The smallest absolute Gasteiger partial charge is 0.331 e. The molecule has 1 atom stereocenters. The average Bonchev–Trinajstić information content (AvgIpc) is 3.44. The van der Waals surface area contributed by atoms with Crippen LogP contribution in [0.4, 0.5) is 10.8 Å². The second kappa shape index (κ2) is 9.66. The Morgan fingerprint density at radius 3 is 2.79 bits per heavy atom. The molecule has 11 heteroatoms. The summed E-state index contributed by atoms with van der Waals surface area (Å²) in [6, 6.07) is 7.68. The molecule has 1 aromatic carbocycles. The number of aromatic nitrogens is 3. The van der Waals surface area contributed by atoms with Gasteiger partial charge in [0, 0.05) is 22.7 Å². The lowest BCUT2D eigenvalue weighted by Gasteiger charge is -2.09. The molecule has 0 amide bonds. The van der Waals surface area contributed by atoms with Crippen LogP contribution in [0.3, 0.4) is 0 Å². The number of ether oxygens (including phenoxy) is 1. The van der Waals surface area contributed by atoms with Crippen LogP contribution in [-0.4, -0.2) is 40.7 Å². The highest BCUT2D eigenvalue weighted by molar-refractivity contribution is 7.91. The topological polar surface area (TPSA) is 103 Å². The summed E-state index contributed by atoms with van der Waals surface area (Å²) < 4.78 is 30.3. The van der Waals surface area contributed by atoms with Gasteiger partial charge in [-0.3, -0.25) is 0 Å². The molecule has 174 valence electrons. The van der Waals surface area contributed by atoms with E-state index in [4.69, 9.17) is 16.3 Å². The van der Waals surface area contributed by atoms with Crippen LogP contribution in [0.5, 0.6) is 0 Å². The van der Waals surface area contributed by atoms with E-state index in [9.17, 15) is 13.2 Å². The van der Waals surface area contributed by atoms with E-state index in [2.05, 4.69) is 15.4 Å². The average molecular weight is 507 g/mol. The molecule has 0 spiro atoms. The van der Waals surface area contributed by atoms with Gasteiger partial charge in [-0.05, 0) is 38.5 Å². The van der Waals surface area contributed by atoms with Crippen LogP contribution >= 0.6 is 22.9 Å². The van der Waals surface area contributed by atoms with Crippen LogP contribution in [0.2, 0.25) is 5.15 Å². The number of sulfone groups is 1. The minimum atomic E-state index is -3.06. The Labute approximate surface area is 201 Å². The maximum atomic E-state index is 12.2. The molecular weight excluding hydrogens is 484 g/mol. The summed E-state index contributed by atoms with van der Waals surface area (Å²) in [6.07, 6.45) is 3.30. The number of thiazole rings is 1. The number of rotatable bonds is 7. The summed E-state index contributed by atoms with van der Waals surface area (Å²) in [5.74, 6) is -0.390. The number of carbonyl (C=O) groups is 1. The first-order valence-corrected chi connectivity index (χ1v) is 13.4. The zero-order valence-electron chi connectivity index (χ0n) is 18.1. The quantitative estimate of drug-likeness (QED) is 0.372. The third-order valence-corrected chi connectivity index (χ3v) is 8.16. The molecule has 3 heterocycles. The van der Waals surface area contributed by atoms with Crippen LogP contribution in [0.1, 0.15) is 35.0 Å². The van der Waals surface area contributed by atoms with Gasteiger partial charge in [0.1, 0.15) is 11.8 Å². The monoisotopic (exact) mass is 506 g/mol. The molecular formula is C22H23ClN4O4S2. The fourth-order valence-electron chi connectivity index (χ4n) is 3.47. The molecule has 8 nitrogen and oxygen atoms in total. The Balaban J connectivity index is 1.33. The maximum absolute atomic E-state index is 12.2. The van der Waals surface area contributed by atoms with Crippen LogP contribution in [0, 0.1) is 13.8 Å². The Morgan fingerprint density at radius 1 is 1.33 bits per heavy atom. The van der Waals surface area contributed by atoms with Gasteiger partial charge in [0.15, 0.2) is 15.0 Å². The Kier molecular flexibility index (Phi) is 6.87. The van der Waals surface area contributed by atoms with Crippen molar-refractivity contribution < 1.29 is 17.9 Å². The number of hydrogen-bond acceptors (Lipinski definition) is 8. The van der Waals surface area contributed by atoms with Gasteiger partial charge in [-0.25, -0.2) is 22.9 Å². The lowest BCUT2D eigenvalue weighted by molar-refractivity contribution is -0.139. The molecule has 0 unspecified atom stereocenters. The molecule has 2 aromatic heterocycles. The van der Waals surface area contributed by atoms with Crippen molar-refractivity contribution in [2.45, 2.75) is 32.9 Å².